The van der Waals surface area contributed by atoms with Crippen LogP contribution in [-0.2, 0) is 6.42 Å². The summed E-state index contributed by atoms with van der Waals surface area (Å²) in [6, 6.07) is 8.83. The highest BCUT2D eigenvalue weighted by Gasteiger charge is 2.42. The summed E-state index contributed by atoms with van der Waals surface area (Å²) in [6.45, 7) is 3.23. The lowest BCUT2D eigenvalue weighted by atomic mass is 9.98. The highest BCUT2D eigenvalue weighted by atomic mass is 16.3. The fourth-order valence-electron chi connectivity index (χ4n) is 3.72. The molecule has 1 unspecified atom stereocenters. The highest BCUT2D eigenvalue weighted by Crippen LogP contribution is 2.37. The smallest absolute Gasteiger partial charge is 0.290 e. The van der Waals surface area contributed by atoms with Crippen LogP contribution in [0.5, 0.6) is 0 Å². The van der Waals surface area contributed by atoms with Crippen LogP contribution in [0, 0.1) is 0 Å². The average molecular weight is 377 g/mol. The molecule has 3 aromatic rings. The Bertz CT molecular complexity index is 1090. The van der Waals surface area contributed by atoms with Crippen molar-refractivity contribution in [2.75, 3.05) is 27.2 Å². The first-order valence-electron chi connectivity index (χ1n) is 9.46. The van der Waals surface area contributed by atoms with Gasteiger partial charge < -0.3 is 14.2 Å². The first kappa shape index (κ1) is 18.4. The van der Waals surface area contributed by atoms with Gasteiger partial charge in [0.15, 0.2) is 5.43 Å². The van der Waals surface area contributed by atoms with Gasteiger partial charge in [-0.05, 0) is 55.9 Å². The predicted octanol–water partition coefficient (Wildman–Crippen LogP) is 2.86. The van der Waals surface area contributed by atoms with E-state index in [4.69, 9.17) is 4.42 Å². The van der Waals surface area contributed by atoms with E-state index in [9.17, 15) is 9.59 Å². The van der Waals surface area contributed by atoms with E-state index in [1.165, 1.54) is 0 Å². The normalized spacial score (nSPS) is 16.2. The van der Waals surface area contributed by atoms with E-state index in [1.807, 2.05) is 50.2 Å². The van der Waals surface area contributed by atoms with Crippen molar-refractivity contribution in [2.45, 2.75) is 19.4 Å². The van der Waals surface area contributed by atoms with Crippen LogP contribution in [0.25, 0.3) is 11.0 Å². The van der Waals surface area contributed by atoms with Crippen LogP contribution < -0.4 is 5.43 Å². The summed E-state index contributed by atoms with van der Waals surface area (Å²) in [5.41, 5.74) is 2.68. The van der Waals surface area contributed by atoms with Gasteiger partial charge >= 0.3 is 0 Å². The maximum Gasteiger partial charge on any atom is 0.290 e. The Kier molecular flexibility index (Phi) is 4.73. The zero-order valence-electron chi connectivity index (χ0n) is 16.3. The summed E-state index contributed by atoms with van der Waals surface area (Å²) in [5.74, 6) is -0.0838. The molecule has 1 aliphatic heterocycles. The third-order valence-electron chi connectivity index (χ3n) is 5.25. The zero-order chi connectivity index (χ0) is 19.8. The van der Waals surface area contributed by atoms with E-state index in [-0.39, 0.29) is 17.1 Å². The van der Waals surface area contributed by atoms with Crippen molar-refractivity contribution in [3.05, 3.63) is 75.4 Å². The number of nitrogens with zero attached hydrogens (tertiary/aromatic N) is 3. The molecule has 1 amide bonds. The number of carbonyl (C=O) groups excluding carboxylic acids is 1. The van der Waals surface area contributed by atoms with Crippen LogP contribution in [0.1, 0.15) is 40.2 Å². The van der Waals surface area contributed by atoms with Crippen molar-refractivity contribution in [3.8, 4) is 0 Å². The number of hydrogen-bond acceptors (Lipinski definition) is 5. The van der Waals surface area contributed by atoms with Crippen LogP contribution in [0.2, 0.25) is 0 Å². The van der Waals surface area contributed by atoms with Crippen LogP contribution >= 0.6 is 0 Å². The van der Waals surface area contributed by atoms with Crippen molar-refractivity contribution in [1.29, 1.82) is 0 Å². The molecule has 0 radical (unpaired) electrons. The Morgan fingerprint density at radius 1 is 1.14 bits per heavy atom. The van der Waals surface area contributed by atoms with E-state index >= 15 is 0 Å². The van der Waals surface area contributed by atoms with E-state index in [0.29, 0.717) is 29.6 Å². The third kappa shape index (κ3) is 2.99. The molecular weight excluding hydrogens is 354 g/mol. The molecule has 0 saturated heterocycles. The van der Waals surface area contributed by atoms with Crippen LogP contribution in [-0.4, -0.2) is 47.9 Å². The van der Waals surface area contributed by atoms with Gasteiger partial charge in [0.25, 0.3) is 5.91 Å². The van der Waals surface area contributed by atoms with E-state index in [0.717, 1.165) is 17.5 Å². The minimum atomic E-state index is -0.462. The number of aryl methyl sites for hydroxylation is 1. The topological polar surface area (TPSA) is 66.7 Å². The molecule has 2 aromatic heterocycles. The average Bonchev–Trinajstić information content (AvgIpc) is 2.99. The van der Waals surface area contributed by atoms with E-state index < -0.39 is 6.04 Å². The molecule has 0 spiro atoms. The molecule has 6 nitrogen and oxygen atoms in total. The lowest BCUT2D eigenvalue weighted by Crippen LogP contribution is -2.35. The molecular formula is C22H23N3O3. The quantitative estimate of drug-likeness (QED) is 0.684. The molecule has 0 fully saturated rings. The lowest BCUT2D eigenvalue weighted by molar-refractivity contribution is 0.0716. The Morgan fingerprint density at radius 3 is 2.57 bits per heavy atom. The molecule has 3 heterocycles. The Balaban J connectivity index is 1.94. The number of aromatic nitrogens is 1. The van der Waals surface area contributed by atoms with Crippen molar-refractivity contribution in [1.82, 2.24) is 14.8 Å². The van der Waals surface area contributed by atoms with Gasteiger partial charge in [-0.2, -0.15) is 0 Å². The Hall–Kier alpha value is -2.99. The van der Waals surface area contributed by atoms with Crippen molar-refractivity contribution in [2.24, 2.45) is 0 Å². The number of carbonyl (C=O) groups is 1. The number of fused-ring (bicyclic) bond motifs is 2. The molecule has 144 valence electrons. The second-order valence-corrected chi connectivity index (χ2v) is 7.34. The van der Waals surface area contributed by atoms with Gasteiger partial charge in [0.05, 0.1) is 17.0 Å². The summed E-state index contributed by atoms with van der Waals surface area (Å²) < 4.78 is 5.97. The SMILES string of the molecule is CCc1ccc2oc3c(c(=O)c2c1)C(c1ccncc1)N(CCN(C)C)C3=O. The molecule has 1 aromatic carbocycles. The van der Waals surface area contributed by atoms with Gasteiger partial charge in [0.2, 0.25) is 5.76 Å². The molecule has 0 N–H and O–H groups in total. The molecule has 0 saturated carbocycles. The summed E-state index contributed by atoms with van der Waals surface area (Å²) in [7, 11) is 3.91. The zero-order valence-corrected chi connectivity index (χ0v) is 16.3. The lowest BCUT2D eigenvalue weighted by Gasteiger charge is -2.26. The second kappa shape index (κ2) is 7.20. The number of benzene rings is 1. The number of likely N-dealkylation sites (N-methyl/N-ethyl adjacent to an activating group) is 1. The second-order valence-electron chi connectivity index (χ2n) is 7.34. The van der Waals surface area contributed by atoms with Gasteiger partial charge in [0.1, 0.15) is 5.58 Å². The number of hydrogen-bond donors (Lipinski definition) is 0. The maximum absolute atomic E-state index is 13.4. The standard InChI is InChI=1S/C22H23N3O3/c1-4-14-5-6-17-16(13-14)20(26)18-19(15-7-9-23-10-8-15)25(12-11-24(2)3)22(27)21(18)28-17/h5-10,13,19H,4,11-12H2,1-3H3. The van der Waals surface area contributed by atoms with Crippen molar-refractivity contribution in [3.63, 3.8) is 0 Å². The molecule has 1 atom stereocenters. The third-order valence-corrected chi connectivity index (χ3v) is 5.25. The fraction of sp³-hybridized carbons (Fsp3) is 0.318. The predicted molar refractivity (Wildman–Crippen MR) is 108 cm³/mol. The first-order valence-corrected chi connectivity index (χ1v) is 9.46. The summed E-state index contributed by atoms with van der Waals surface area (Å²) in [5, 5.41) is 0.527. The molecule has 1 aliphatic rings. The highest BCUT2D eigenvalue weighted by molar-refractivity contribution is 5.99. The number of amides is 1. The minimum absolute atomic E-state index is 0.130. The molecule has 6 heteroatoms. The summed E-state index contributed by atoms with van der Waals surface area (Å²) in [6.07, 6.45) is 4.19. The van der Waals surface area contributed by atoms with Crippen molar-refractivity contribution < 1.29 is 9.21 Å². The van der Waals surface area contributed by atoms with E-state index in [2.05, 4.69) is 4.98 Å². The number of rotatable bonds is 5. The molecule has 0 bridgehead atoms. The van der Waals surface area contributed by atoms with Gasteiger partial charge in [-0.25, -0.2) is 0 Å². The van der Waals surface area contributed by atoms with Gasteiger partial charge in [-0.3, -0.25) is 14.6 Å². The van der Waals surface area contributed by atoms with Crippen LogP contribution in [0.3, 0.4) is 0 Å². The van der Waals surface area contributed by atoms with Gasteiger partial charge in [-0.1, -0.05) is 13.0 Å². The number of pyridine rings is 1. The van der Waals surface area contributed by atoms with Gasteiger partial charge in [-0.15, -0.1) is 0 Å². The molecule has 0 aliphatic carbocycles. The monoisotopic (exact) mass is 377 g/mol. The summed E-state index contributed by atoms with van der Waals surface area (Å²) in [4.78, 5) is 34.4. The summed E-state index contributed by atoms with van der Waals surface area (Å²) >= 11 is 0. The molecule has 4 rings (SSSR count). The van der Waals surface area contributed by atoms with Crippen molar-refractivity contribution >= 4 is 16.9 Å². The molecule has 28 heavy (non-hydrogen) atoms. The largest absolute Gasteiger partial charge is 0.450 e. The first-order chi connectivity index (χ1) is 13.5. The Labute approximate surface area is 163 Å². The van der Waals surface area contributed by atoms with Crippen LogP contribution in [0.15, 0.2) is 51.9 Å². The maximum atomic E-state index is 13.4. The fourth-order valence-corrected chi connectivity index (χ4v) is 3.72. The Morgan fingerprint density at radius 2 is 1.89 bits per heavy atom. The van der Waals surface area contributed by atoms with E-state index in [1.54, 1.807) is 23.4 Å². The van der Waals surface area contributed by atoms with Gasteiger partial charge in [0, 0.05) is 25.5 Å². The van der Waals surface area contributed by atoms with Crippen LogP contribution in [0.4, 0.5) is 0 Å². The minimum Gasteiger partial charge on any atom is -0.450 e.